The summed E-state index contributed by atoms with van der Waals surface area (Å²) in [7, 11) is 0. The van der Waals surface area contributed by atoms with Crippen LogP contribution in [0.25, 0.3) is 0 Å². The van der Waals surface area contributed by atoms with Gasteiger partial charge in [0.25, 0.3) is 0 Å². The monoisotopic (exact) mass is 349 g/mol. The molecule has 1 N–H and O–H groups in total. The molecule has 0 bridgehead atoms. The van der Waals surface area contributed by atoms with E-state index in [2.05, 4.69) is 15.3 Å². The fourth-order valence-electron chi connectivity index (χ4n) is 2.81. The zero-order valence-electron chi connectivity index (χ0n) is 13.7. The highest BCUT2D eigenvalue weighted by Gasteiger charge is 2.32. The molecule has 1 heterocycles. The smallest absolute Gasteiger partial charge is 0.309 e. The van der Waals surface area contributed by atoms with E-state index < -0.39 is 17.7 Å². The molecule has 1 atom stereocenters. The van der Waals surface area contributed by atoms with Crippen molar-refractivity contribution in [3.05, 3.63) is 53.5 Å². The van der Waals surface area contributed by atoms with Crippen molar-refractivity contribution in [3.63, 3.8) is 0 Å². The number of carbonyl (C=O) groups excluding carboxylic acids is 1. The topological polar surface area (TPSA) is 54.9 Å². The predicted octanol–water partition coefficient (Wildman–Crippen LogP) is 4.51. The Kier molecular flexibility index (Phi) is 4.74. The van der Waals surface area contributed by atoms with Crippen LogP contribution in [0.3, 0.4) is 0 Å². The Bertz CT molecular complexity index is 772. The minimum absolute atomic E-state index is 0.303. The summed E-state index contributed by atoms with van der Waals surface area (Å²) in [6, 6.07) is 4.90. The van der Waals surface area contributed by atoms with E-state index in [9.17, 15) is 18.0 Å². The largest absolute Gasteiger partial charge is 0.416 e. The molecule has 25 heavy (non-hydrogen) atoms. The summed E-state index contributed by atoms with van der Waals surface area (Å²) < 4.78 is 38.7. The molecule has 7 heteroatoms. The number of hydrogen-bond donors (Lipinski definition) is 1. The fraction of sp³-hybridized carbons (Fsp3) is 0.389. The lowest BCUT2D eigenvalue weighted by Crippen LogP contribution is -2.22. The average molecular weight is 349 g/mol. The van der Waals surface area contributed by atoms with E-state index in [0.717, 1.165) is 30.7 Å². The van der Waals surface area contributed by atoms with Gasteiger partial charge in [-0.1, -0.05) is 25.1 Å². The number of carbonyl (C=O) groups is 1. The number of aromatic nitrogens is 2. The lowest BCUT2D eigenvalue weighted by Gasteiger charge is -2.17. The van der Waals surface area contributed by atoms with Gasteiger partial charge in [0.1, 0.15) is 0 Å². The number of hydrogen-bond acceptors (Lipinski definition) is 3. The minimum atomic E-state index is -4.44. The number of nitrogens with one attached hydrogen (secondary N) is 1. The van der Waals surface area contributed by atoms with Gasteiger partial charge < -0.3 is 5.32 Å². The zero-order chi connectivity index (χ0) is 18.0. The first-order valence-electron chi connectivity index (χ1n) is 8.19. The van der Waals surface area contributed by atoms with Crippen molar-refractivity contribution >= 4 is 11.7 Å². The first kappa shape index (κ1) is 17.4. The molecule has 2 aromatic rings. The van der Waals surface area contributed by atoms with Gasteiger partial charge in [0, 0.05) is 18.3 Å². The maximum absolute atomic E-state index is 12.9. The standard InChI is InChI=1S/C18H18F3N3O/c1-2-14(12-4-3-5-13(10-12)18(19,20)21)17(25)24-16-15(11-6-7-11)22-8-9-23-16/h3-5,8-11,14H,2,6-7H2,1H3,(H,23,24,25). The second-order valence-corrected chi connectivity index (χ2v) is 6.14. The van der Waals surface area contributed by atoms with E-state index in [1.807, 2.05) is 0 Å². The van der Waals surface area contributed by atoms with Gasteiger partial charge in [-0.3, -0.25) is 9.78 Å². The Morgan fingerprint density at radius 1 is 1.28 bits per heavy atom. The van der Waals surface area contributed by atoms with Gasteiger partial charge in [0.05, 0.1) is 17.2 Å². The number of benzene rings is 1. The van der Waals surface area contributed by atoms with Gasteiger partial charge in [-0.2, -0.15) is 13.2 Å². The Hall–Kier alpha value is -2.44. The molecule has 1 aliphatic carbocycles. The molecule has 1 aliphatic rings. The van der Waals surface area contributed by atoms with Gasteiger partial charge in [0.15, 0.2) is 5.82 Å². The van der Waals surface area contributed by atoms with Crippen LogP contribution in [0.1, 0.15) is 54.8 Å². The lowest BCUT2D eigenvalue weighted by molar-refractivity contribution is -0.137. The van der Waals surface area contributed by atoms with Gasteiger partial charge >= 0.3 is 6.18 Å². The van der Waals surface area contributed by atoms with E-state index in [0.29, 0.717) is 23.7 Å². The highest BCUT2D eigenvalue weighted by Crippen LogP contribution is 2.41. The lowest BCUT2D eigenvalue weighted by atomic mass is 9.94. The summed E-state index contributed by atoms with van der Waals surface area (Å²) in [5, 5.41) is 2.75. The van der Waals surface area contributed by atoms with E-state index in [1.165, 1.54) is 12.3 Å². The van der Waals surface area contributed by atoms with Crippen molar-refractivity contribution in [3.8, 4) is 0 Å². The van der Waals surface area contributed by atoms with Gasteiger partial charge in [-0.05, 0) is 30.9 Å². The van der Waals surface area contributed by atoms with Gasteiger partial charge in [-0.15, -0.1) is 0 Å². The summed E-state index contributed by atoms with van der Waals surface area (Å²) in [4.78, 5) is 21.1. The van der Waals surface area contributed by atoms with Gasteiger partial charge in [-0.25, -0.2) is 4.98 Å². The Balaban J connectivity index is 1.83. The second-order valence-electron chi connectivity index (χ2n) is 6.14. The summed E-state index contributed by atoms with van der Waals surface area (Å²) in [6.45, 7) is 1.77. The van der Waals surface area contributed by atoms with Crippen molar-refractivity contribution in [2.24, 2.45) is 0 Å². The third kappa shape index (κ3) is 3.97. The van der Waals surface area contributed by atoms with Crippen molar-refractivity contribution < 1.29 is 18.0 Å². The average Bonchev–Trinajstić information content (AvgIpc) is 3.40. The predicted molar refractivity (Wildman–Crippen MR) is 87.1 cm³/mol. The van der Waals surface area contributed by atoms with Crippen molar-refractivity contribution in [2.45, 2.75) is 44.2 Å². The molecule has 1 unspecified atom stereocenters. The number of rotatable bonds is 5. The highest BCUT2D eigenvalue weighted by atomic mass is 19.4. The number of nitrogens with zero attached hydrogens (tertiary/aromatic N) is 2. The van der Waals surface area contributed by atoms with Crippen molar-refractivity contribution in [2.75, 3.05) is 5.32 Å². The van der Waals surface area contributed by atoms with E-state index >= 15 is 0 Å². The maximum atomic E-state index is 12.9. The number of anilines is 1. The third-order valence-electron chi connectivity index (χ3n) is 4.27. The van der Waals surface area contributed by atoms with Crippen LogP contribution in [0.4, 0.5) is 19.0 Å². The van der Waals surface area contributed by atoms with Crippen LogP contribution in [0.2, 0.25) is 0 Å². The van der Waals surface area contributed by atoms with Crippen LogP contribution >= 0.6 is 0 Å². The van der Waals surface area contributed by atoms with E-state index in [1.54, 1.807) is 19.2 Å². The molecular formula is C18H18F3N3O. The summed E-state index contributed by atoms with van der Waals surface area (Å²) >= 11 is 0. The Morgan fingerprint density at radius 3 is 2.64 bits per heavy atom. The first-order valence-corrected chi connectivity index (χ1v) is 8.19. The summed E-state index contributed by atoms with van der Waals surface area (Å²) in [5.41, 5.74) is 0.329. The zero-order valence-corrected chi connectivity index (χ0v) is 13.7. The van der Waals surface area contributed by atoms with Crippen LogP contribution in [-0.4, -0.2) is 15.9 Å². The molecule has 3 rings (SSSR count). The van der Waals surface area contributed by atoms with E-state index in [-0.39, 0.29) is 5.91 Å². The molecular weight excluding hydrogens is 331 g/mol. The fourth-order valence-corrected chi connectivity index (χ4v) is 2.81. The van der Waals surface area contributed by atoms with Gasteiger partial charge in [0.2, 0.25) is 5.91 Å². The van der Waals surface area contributed by atoms with Crippen molar-refractivity contribution in [1.29, 1.82) is 0 Å². The van der Waals surface area contributed by atoms with Crippen LogP contribution in [0, 0.1) is 0 Å². The normalized spacial score (nSPS) is 15.7. The van der Waals surface area contributed by atoms with E-state index in [4.69, 9.17) is 0 Å². The Labute approximate surface area is 143 Å². The third-order valence-corrected chi connectivity index (χ3v) is 4.27. The Morgan fingerprint density at radius 2 is 2.00 bits per heavy atom. The maximum Gasteiger partial charge on any atom is 0.416 e. The molecule has 0 radical (unpaired) electrons. The second kappa shape index (κ2) is 6.82. The van der Waals surface area contributed by atoms with Crippen LogP contribution in [-0.2, 0) is 11.0 Å². The van der Waals surface area contributed by atoms with Crippen molar-refractivity contribution in [1.82, 2.24) is 9.97 Å². The minimum Gasteiger partial charge on any atom is -0.309 e. The number of alkyl halides is 3. The summed E-state index contributed by atoms with van der Waals surface area (Å²) in [6.07, 6.45) is 1.03. The van der Waals surface area contributed by atoms with Crippen LogP contribution in [0.5, 0.6) is 0 Å². The molecule has 0 saturated heterocycles. The molecule has 1 aromatic heterocycles. The SMILES string of the molecule is CCC(C(=O)Nc1nccnc1C1CC1)c1cccc(C(F)(F)F)c1. The van der Waals surface area contributed by atoms with Crippen LogP contribution in [0.15, 0.2) is 36.7 Å². The summed E-state index contributed by atoms with van der Waals surface area (Å²) in [5.74, 6) is -0.348. The van der Waals surface area contributed by atoms with Crippen LogP contribution < -0.4 is 5.32 Å². The number of halogens is 3. The highest BCUT2D eigenvalue weighted by molar-refractivity contribution is 5.95. The molecule has 0 aliphatic heterocycles. The first-order chi connectivity index (χ1) is 11.9. The molecule has 1 saturated carbocycles. The molecule has 0 spiro atoms. The molecule has 1 aromatic carbocycles. The quantitative estimate of drug-likeness (QED) is 0.864. The molecule has 4 nitrogen and oxygen atoms in total. The molecule has 1 amide bonds. The molecule has 132 valence electrons. The number of amides is 1. The molecule has 1 fully saturated rings.